The minimum Gasteiger partial charge on any atom is -0.550 e. The van der Waals surface area contributed by atoms with E-state index < -0.39 is 12.1 Å². The van der Waals surface area contributed by atoms with Crippen molar-refractivity contribution in [2.24, 2.45) is 0 Å². The maximum absolute atomic E-state index is 10.0. The third-order valence-electron chi connectivity index (χ3n) is 1.16. The molecule has 0 aliphatic carbocycles. The first-order chi connectivity index (χ1) is 4.81. The molecule has 1 atom stereocenters. The summed E-state index contributed by atoms with van der Waals surface area (Å²) in [4.78, 5) is 10.0. The molecule has 0 aliphatic heterocycles. The summed E-state index contributed by atoms with van der Waals surface area (Å²) in [5, 5.41) is 19.1. The normalized spacial score (nSPS) is 13.3. The number of rotatable bonds is 4. The molecule has 0 saturated carbocycles. The molecule has 0 fully saturated rings. The predicted molar refractivity (Wildman–Crippen MR) is 38.5 cm³/mol. The van der Waals surface area contributed by atoms with E-state index in [1.165, 1.54) is 0 Å². The van der Waals surface area contributed by atoms with Crippen LogP contribution in [0.3, 0.4) is 0 Å². The Kier molecular flexibility index (Phi) is 6.68. The molecular formula is C7H15CrNO3. The maximum Gasteiger partial charge on any atom is 0.108 e. The Balaban J connectivity index is 0. The van der Waals surface area contributed by atoms with E-state index >= 15 is 0 Å². The standard InChI is InChI=1S/C7H15NO3.Cr/c1-8(2,3)5-6(9)4-7(10)11;/h6,9H,4-5H2,1-3H3;/t6-;/m1./s1. The van der Waals surface area contributed by atoms with Gasteiger partial charge in [-0.25, -0.2) is 0 Å². The molecule has 0 spiro atoms. The van der Waals surface area contributed by atoms with Crippen LogP contribution in [0.5, 0.6) is 0 Å². The van der Waals surface area contributed by atoms with Gasteiger partial charge in [0.15, 0.2) is 0 Å². The first-order valence-electron chi connectivity index (χ1n) is 3.49. The molecule has 0 bridgehead atoms. The molecule has 72 valence electrons. The predicted octanol–water partition coefficient (Wildman–Crippen LogP) is -1.81. The quantitative estimate of drug-likeness (QED) is 0.560. The average molecular weight is 213 g/mol. The number of carboxylic acids is 1. The van der Waals surface area contributed by atoms with Gasteiger partial charge in [-0.3, -0.25) is 0 Å². The van der Waals surface area contributed by atoms with Gasteiger partial charge in [0.25, 0.3) is 0 Å². The molecule has 0 amide bonds. The molecule has 0 radical (unpaired) electrons. The number of nitrogens with zero attached hydrogens (tertiary/aromatic N) is 1. The van der Waals surface area contributed by atoms with Gasteiger partial charge in [-0.15, -0.1) is 0 Å². The minimum absolute atomic E-state index is 0. The van der Waals surface area contributed by atoms with Crippen LogP contribution in [0.25, 0.3) is 0 Å². The summed E-state index contributed by atoms with van der Waals surface area (Å²) in [5.41, 5.74) is 0. The third-order valence-corrected chi connectivity index (χ3v) is 1.16. The van der Waals surface area contributed by atoms with Crippen LogP contribution in [-0.2, 0) is 22.2 Å². The molecule has 4 nitrogen and oxygen atoms in total. The van der Waals surface area contributed by atoms with Gasteiger partial charge in [0.1, 0.15) is 12.6 Å². The van der Waals surface area contributed by atoms with Gasteiger partial charge in [0.05, 0.1) is 21.1 Å². The van der Waals surface area contributed by atoms with Gasteiger partial charge < -0.3 is 19.5 Å². The second kappa shape index (κ2) is 5.55. The van der Waals surface area contributed by atoms with Crippen molar-refractivity contribution in [2.75, 3.05) is 27.7 Å². The Morgan fingerprint density at radius 3 is 2.17 bits per heavy atom. The zero-order valence-electron chi connectivity index (χ0n) is 7.61. The van der Waals surface area contributed by atoms with E-state index in [-0.39, 0.29) is 23.8 Å². The van der Waals surface area contributed by atoms with Crippen LogP contribution in [0.2, 0.25) is 0 Å². The number of carbonyl (C=O) groups is 1. The second-order valence-corrected chi connectivity index (χ2v) is 3.70. The largest absolute Gasteiger partial charge is 0.550 e. The molecular weight excluding hydrogens is 198 g/mol. The van der Waals surface area contributed by atoms with E-state index in [0.29, 0.717) is 11.0 Å². The molecule has 0 rings (SSSR count). The van der Waals surface area contributed by atoms with Gasteiger partial charge in [-0.1, -0.05) is 0 Å². The summed E-state index contributed by atoms with van der Waals surface area (Å²) in [7, 11) is 5.66. The Bertz CT molecular complexity index is 144. The Labute approximate surface area is 83.5 Å². The molecule has 5 heteroatoms. The summed E-state index contributed by atoms with van der Waals surface area (Å²) < 4.78 is 0.550. The molecule has 0 aliphatic rings. The zero-order valence-corrected chi connectivity index (χ0v) is 8.89. The number of carboxylic acid groups (broad SMARTS) is 1. The van der Waals surface area contributed by atoms with Crippen molar-refractivity contribution in [1.82, 2.24) is 0 Å². The first kappa shape index (κ1) is 14.4. The smallest absolute Gasteiger partial charge is 0.108 e. The Hall–Kier alpha value is -0.0775. The van der Waals surface area contributed by atoms with E-state index in [1.54, 1.807) is 0 Å². The number of hydrogen-bond acceptors (Lipinski definition) is 3. The number of quaternary nitrogens is 1. The van der Waals surface area contributed by atoms with Crippen LogP contribution in [-0.4, -0.2) is 49.4 Å². The molecule has 0 saturated heterocycles. The van der Waals surface area contributed by atoms with Crippen molar-refractivity contribution in [2.45, 2.75) is 12.5 Å². The molecule has 0 heterocycles. The number of aliphatic carboxylic acids is 1. The van der Waals surface area contributed by atoms with Gasteiger partial charge in [-0.05, 0) is 0 Å². The number of aliphatic hydroxyl groups is 1. The number of carbonyl (C=O) groups excluding carboxylic acids is 1. The monoisotopic (exact) mass is 213 g/mol. The Morgan fingerprint density at radius 1 is 1.50 bits per heavy atom. The van der Waals surface area contributed by atoms with E-state index in [1.807, 2.05) is 21.1 Å². The van der Waals surface area contributed by atoms with E-state index in [9.17, 15) is 9.90 Å². The van der Waals surface area contributed by atoms with Crippen molar-refractivity contribution in [3.05, 3.63) is 0 Å². The first-order valence-corrected chi connectivity index (χ1v) is 3.49. The molecule has 1 N–H and O–H groups in total. The molecule has 0 aromatic heterocycles. The topological polar surface area (TPSA) is 60.4 Å². The van der Waals surface area contributed by atoms with Crippen LogP contribution >= 0.6 is 0 Å². The van der Waals surface area contributed by atoms with Gasteiger partial charge in [-0.2, -0.15) is 0 Å². The van der Waals surface area contributed by atoms with Crippen molar-refractivity contribution < 1.29 is 36.9 Å². The summed E-state index contributed by atoms with van der Waals surface area (Å²) in [6, 6.07) is 0. The van der Waals surface area contributed by atoms with Crippen molar-refractivity contribution in [3.8, 4) is 0 Å². The van der Waals surface area contributed by atoms with E-state index in [0.717, 1.165) is 0 Å². The van der Waals surface area contributed by atoms with Crippen LogP contribution in [0, 0.1) is 0 Å². The third kappa shape index (κ3) is 9.92. The fourth-order valence-corrected chi connectivity index (χ4v) is 0.889. The van der Waals surface area contributed by atoms with E-state index in [4.69, 9.17) is 5.11 Å². The summed E-state index contributed by atoms with van der Waals surface area (Å²) in [6.45, 7) is 0.425. The minimum atomic E-state index is -1.20. The van der Waals surface area contributed by atoms with Crippen molar-refractivity contribution >= 4 is 5.97 Å². The van der Waals surface area contributed by atoms with Crippen molar-refractivity contribution in [1.29, 1.82) is 0 Å². The SMILES string of the molecule is C[N+](C)(C)C[C@H](O)CC(=O)[O-].[Cr]. The molecule has 0 aromatic rings. The molecule has 12 heavy (non-hydrogen) atoms. The van der Waals surface area contributed by atoms with Crippen LogP contribution in [0.1, 0.15) is 6.42 Å². The van der Waals surface area contributed by atoms with Gasteiger partial charge >= 0.3 is 0 Å². The van der Waals surface area contributed by atoms with Crippen LogP contribution < -0.4 is 5.11 Å². The van der Waals surface area contributed by atoms with E-state index in [2.05, 4.69) is 0 Å². The maximum atomic E-state index is 10.0. The summed E-state index contributed by atoms with van der Waals surface area (Å²) >= 11 is 0. The Morgan fingerprint density at radius 2 is 1.92 bits per heavy atom. The van der Waals surface area contributed by atoms with Crippen LogP contribution in [0.15, 0.2) is 0 Å². The number of likely N-dealkylation sites (N-methyl/N-ethyl adjacent to an activating group) is 1. The average Bonchev–Trinajstić information content (AvgIpc) is 1.53. The fourth-order valence-electron chi connectivity index (χ4n) is 0.889. The van der Waals surface area contributed by atoms with Gasteiger partial charge in [0.2, 0.25) is 0 Å². The molecule has 0 aromatic carbocycles. The van der Waals surface area contributed by atoms with Gasteiger partial charge in [0, 0.05) is 29.8 Å². The summed E-state index contributed by atoms with van der Waals surface area (Å²) in [6.07, 6.45) is -1.09. The summed E-state index contributed by atoms with van der Waals surface area (Å²) in [5.74, 6) is -1.20. The number of hydrogen-bond donors (Lipinski definition) is 1. The zero-order chi connectivity index (χ0) is 9.07. The molecule has 0 unspecified atom stereocenters. The number of aliphatic hydroxyl groups excluding tert-OH is 1. The fraction of sp³-hybridized carbons (Fsp3) is 0.857. The van der Waals surface area contributed by atoms with Crippen molar-refractivity contribution in [3.63, 3.8) is 0 Å². The second-order valence-electron chi connectivity index (χ2n) is 3.70. The van der Waals surface area contributed by atoms with Crippen LogP contribution in [0.4, 0.5) is 0 Å².